The largest absolute Gasteiger partial charge is 0.384 e. The van der Waals surface area contributed by atoms with Crippen LogP contribution in [0, 0.1) is 17.8 Å². The summed E-state index contributed by atoms with van der Waals surface area (Å²) in [6, 6.07) is 7.47. The van der Waals surface area contributed by atoms with E-state index in [2.05, 4.69) is 17.2 Å². The molecule has 0 atom stereocenters. The highest BCUT2D eigenvalue weighted by atomic mass is 16.2. The Kier molecular flexibility index (Phi) is 6.30. The maximum absolute atomic E-state index is 12.4. The first-order valence-corrected chi connectivity index (χ1v) is 7.80. The molecule has 0 aromatic heterocycles. The van der Waals surface area contributed by atoms with E-state index in [9.17, 15) is 4.79 Å². The number of carbonyl (C=O) groups excluding carboxylic acids is 1. The van der Waals surface area contributed by atoms with Gasteiger partial charge in [0.1, 0.15) is 6.61 Å². The highest BCUT2D eigenvalue weighted by Gasteiger charge is 2.19. The molecule has 0 bridgehead atoms. The first kappa shape index (κ1) is 15.6. The maximum Gasteiger partial charge on any atom is 0.227 e. The number of benzene rings is 1. The van der Waals surface area contributed by atoms with E-state index in [0.717, 1.165) is 36.9 Å². The predicted molar refractivity (Wildman–Crippen MR) is 84.8 cm³/mol. The number of hydrogen-bond acceptors (Lipinski definition) is 2. The van der Waals surface area contributed by atoms with Crippen LogP contribution in [0.2, 0.25) is 0 Å². The molecule has 21 heavy (non-hydrogen) atoms. The normalized spacial score (nSPS) is 16.2. The Hall–Kier alpha value is -1.79. The van der Waals surface area contributed by atoms with Gasteiger partial charge >= 0.3 is 0 Å². The van der Waals surface area contributed by atoms with Crippen molar-refractivity contribution in [2.75, 3.05) is 11.9 Å². The minimum Gasteiger partial charge on any atom is -0.384 e. The number of carbonyl (C=O) groups is 1. The topological polar surface area (TPSA) is 49.3 Å². The molecule has 0 radical (unpaired) electrons. The SMILES string of the molecule is O=C(Nc1cccc(C#CCO)c1)C1CCCCCCC1. The van der Waals surface area contributed by atoms with Gasteiger partial charge in [-0.25, -0.2) is 0 Å². The monoisotopic (exact) mass is 285 g/mol. The molecular weight excluding hydrogens is 262 g/mol. The summed E-state index contributed by atoms with van der Waals surface area (Å²) in [5.41, 5.74) is 1.59. The van der Waals surface area contributed by atoms with E-state index in [-0.39, 0.29) is 18.4 Å². The third kappa shape index (κ3) is 5.24. The lowest BCUT2D eigenvalue weighted by molar-refractivity contribution is -0.120. The van der Waals surface area contributed by atoms with Gasteiger partial charge in [0.15, 0.2) is 0 Å². The van der Waals surface area contributed by atoms with E-state index >= 15 is 0 Å². The molecule has 0 heterocycles. The number of rotatable bonds is 2. The van der Waals surface area contributed by atoms with Gasteiger partial charge in [-0.1, -0.05) is 50.0 Å². The van der Waals surface area contributed by atoms with E-state index in [1.165, 1.54) is 19.3 Å². The zero-order valence-corrected chi connectivity index (χ0v) is 12.4. The minimum atomic E-state index is -0.154. The van der Waals surface area contributed by atoms with Gasteiger partial charge in [-0.2, -0.15) is 0 Å². The fraction of sp³-hybridized carbons (Fsp3) is 0.500. The molecule has 1 amide bonds. The second-order valence-electron chi connectivity index (χ2n) is 5.57. The van der Waals surface area contributed by atoms with E-state index in [0.29, 0.717) is 0 Å². The van der Waals surface area contributed by atoms with Crippen LogP contribution in [0.5, 0.6) is 0 Å². The number of hydrogen-bond donors (Lipinski definition) is 2. The molecule has 1 fully saturated rings. The van der Waals surface area contributed by atoms with E-state index in [1.807, 2.05) is 24.3 Å². The molecule has 1 aromatic carbocycles. The molecule has 1 aliphatic carbocycles. The number of aliphatic hydroxyl groups is 1. The van der Waals surface area contributed by atoms with Gasteiger partial charge in [-0.05, 0) is 31.0 Å². The van der Waals surface area contributed by atoms with Crippen molar-refractivity contribution in [3.8, 4) is 11.8 Å². The molecule has 0 spiro atoms. The Morgan fingerprint density at radius 2 is 1.90 bits per heavy atom. The Balaban J connectivity index is 1.97. The molecule has 0 saturated heterocycles. The van der Waals surface area contributed by atoms with Crippen LogP contribution >= 0.6 is 0 Å². The fourth-order valence-electron chi connectivity index (χ4n) is 2.78. The molecule has 2 N–H and O–H groups in total. The summed E-state index contributed by atoms with van der Waals surface area (Å²) in [6.45, 7) is -0.154. The second-order valence-corrected chi connectivity index (χ2v) is 5.57. The van der Waals surface area contributed by atoms with Crippen molar-refractivity contribution >= 4 is 11.6 Å². The summed E-state index contributed by atoms with van der Waals surface area (Å²) in [4.78, 5) is 12.4. The third-order valence-corrected chi connectivity index (χ3v) is 3.92. The Morgan fingerprint density at radius 3 is 2.62 bits per heavy atom. The van der Waals surface area contributed by atoms with Gasteiger partial charge < -0.3 is 10.4 Å². The van der Waals surface area contributed by atoms with E-state index in [1.54, 1.807) is 0 Å². The van der Waals surface area contributed by atoms with Crippen molar-refractivity contribution in [2.45, 2.75) is 44.9 Å². The van der Waals surface area contributed by atoms with Crippen molar-refractivity contribution in [3.05, 3.63) is 29.8 Å². The molecule has 1 aromatic rings. The quantitative estimate of drug-likeness (QED) is 0.819. The highest BCUT2D eigenvalue weighted by molar-refractivity contribution is 5.92. The number of aliphatic hydroxyl groups excluding tert-OH is 1. The van der Waals surface area contributed by atoms with Crippen LogP contribution in [-0.4, -0.2) is 17.6 Å². The van der Waals surface area contributed by atoms with Gasteiger partial charge in [0.2, 0.25) is 5.91 Å². The Morgan fingerprint density at radius 1 is 1.19 bits per heavy atom. The second kappa shape index (κ2) is 8.49. The van der Waals surface area contributed by atoms with E-state index < -0.39 is 0 Å². The molecule has 0 aliphatic heterocycles. The number of amides is 1. The van der Waals surface area contributed by atoms with Gasteiger partial charge in [0.25, 0.3) is 0 Å². The van der Waals surface area contributed by atoms with Crippen molar-refractivity contribution in [1.29, 1.82) is 0 Å². The highest BCUT2D eigenvalue weighted by Crippen LogP contribution is 2.23. The summed E-state index contributed by atoms with van der Waals surface area (Å²) in [5.74, 6) is 5.74. The summed E-state index contributed by atoms with van der Waals surface area (Å²) < 4.78 is 0. The maximum atomic E-state index is 12.4. The zero-order chi connectivity index (χ0) is 14.9. The van der Waals surface area contributed by atoms with Crippen LogP contribution in [-0.2, 0) is 4.79 Å². The standard InChI is InChI=1S/C18H23NO2/c20-13-7-9-15-8-6-12-17(14-15)19-18(21)16-10-4-2-1-3-5-11-16/h6,8,12,14,16,20H,1-5,10-11,13H2,(H,19,21). The summed E-state index contributed by atoms with van der Waals surface area (Å²) in [5, 5.41) is 11.7. The summed E-state index contributed by atoms with van der Waals surface area (Å²) in [7, 11) is 0. The summed E-state index contributed by atoms with van der Waals surface area (Å²) in [6.07, 6.45) is 8.10. The third-order valence-electron chi connectivity index (χ3n) is 3.92. The zero-order valence-electron chi connectivity index (χ0n) is 12.4. The van der Waals surface area contributed by atoms with Gasteiger partial charge in [-0.15, -0.1) is 0 Å². The Labute approximate surface area is 126 Å². The average molecular weight is 285 g/mol. The first-order valence-electron chi connectivity index (χ1n) is 7.80. The van der Waals surface area contributed by atoms with E-state index in [4.69, 9.17) is 5.11 Å². The number of nitrogens with one attached hydrogen (secondary N) is 1. The lowest BCUT2D eigenvalue weighted by atomic mass is 9.90. The van der Waals surface area contributed by atoms with Crippen LogP contribution in [0.25, 0.3) is 0 Å². The Bertz CT molecular complexity index is 520. The van der Waals surface area contributed by atoms with Crippen LogP contribution in [0.15, 0.2) is 24.3 Å². The van der Waals surface area contributed by atoms with Crippen molar-refractivity contribution in [2.24, 2.45) is 5.92 Å². The smallest absolute Gasteiger partial charge is 0.227 e. The first-order chi connectivity index (χ1) is 10.3. The van der Waals surface area contributed by atoms with Gasteiger partial charge in [-0.3, -0.25) is 4.79 Å². The van der Waals surface area contributed by atoms with Gasteiger partial charge in [0.05, 0.1) is 0 Å². The molecule has 2 rings (SSSR count). The average Bonchev–Trinajstić information content (AvgIpc) is 2.45. The molecular formula is C18H23NO2. The summed E-state index contributed by atoms with van der Waals surface area (Å²) >= 11 is 0. The molecule has 112 valence electrons. The van der Waals surface area contributed by atoms with Crippen LogP contribution in [0.4, 0.5) is 5.69 Å². The molecule has 3 nitrogen and oxygen atoms in total. The predicted octanol–water partition coefficient (Wildman–Crippen LogP) is 3.33. The lowest BCUT2D eigenvalue weighted by Gasteiger charge is -2.19. The lowest BCUT2D eigenvalue weighted by Crippen LogP contribution is -2.23. The molecule has 1 saturated carbocycles. The van der Waals surface area contributed by atoms with Crippen LogP contribution < -0.4 is 5.32 Å². The van der Waals surface area contributed by atoms with Crippen LogP contribution in [0.3, 0.4) is 0 Å². The van der Waals surface area contributed by atoms with Crippen molar-refractivity contribution in [3.63, 3.8) is 0 Å². The minimum absolute atomic E-state index is 0.129. The molecule has 1 aliphatic rings. The number of anilines is 1. The molecule has 3 heteroatoms. The van der Waals surface area contributed by atoms with Gasteiger partial charge in [0, 0.05) is 17.2 Å². The molecule has 0 unspecified atom stereocenters. The fourth-order valence-corrected chi connectivity index (χ4v) is 2.78. The van der Waals surface area contributed by atoms with Crippen molar-refractivity contribution in [1.82, 2.24) is 0 Å². The van der Waals surface area contributed by atoms with Crippen molar-refractivity contribution < 1.29 is 9.90 Å². The van der Waals surface area contributed by atoms with Crippen LogP contribution in [0.1, 0.15) is 50.5 Å².